The predicted molar refractivity (Wildman–Crippen MR) is 131 cm³/mol. The van der Waals surface area contributed by atoms with Crippen LogP contribution in [0.2, 0.25) is 0 Å². The van der Waals surface area contributed by atoms with Crippen molar-refractivity contribution in [3.63, 3.8) is 0 Å². The van der Waals surface area contributed by atoms with Gasteiger partial charge in [0.05, 0.1) is 17.5 Å². The van der Waals surface area contributed by atoms with Gasteiger partial charge in [-0.15, -0.1) is 5.10 Å². The fraction of sp³-hybridized carbons (Fsp3) is 0.296. The number of benzene rings is 2. The highest BCUT2D eigenvalue weighted by atomic mass is 16.4. The molecule has 1 atom stereocenters. The van der Waals surface area contributed by atoms with E-state index in [9.17, 15) is 14.7 Å². The third-order valence-electron chi connectivity index (χ3n) is 6.88. The van der Waals surface area contributed by atoms with Gasteiger partial charge in [0.15, 0.2) is 0 Å². The zero-order valence-electron chi connectivity index (χ0n) is 19.8. The van der Waals surface area contributed by atoms with Gasteiger partial charge in [0.2, 0.25) is 0 Å². The van der Waals surface area contributed by atoms with E-state index in [0.29, 0.717) is 25.2 Å². The lowest BCUT2D eigenvalue weighted by Gasteiger charge is -2.30. The summed E-state index contributed by atoms with van der Waals surface area (Å²) in [6.45, 7) is 5.84. The molecule has 3 heterocycles. The maximum Gasteiger partial charge on any atom is 0.304 e. The number of rotatable bonds is 6. The third kappa shape index (κ3) is 4.27. The minimum atomic E-state index is -0.863. The van der Waals surface area contributed by atoms with Crippen molar-refractivity contribution in [3.05, 3.63) is 88.2 Å². The average molecular weight is 470 g/mol. The van der Waals surface area contributed by atoms with Crippen LogP contribution in [0.5, 0.6) is 0 Å². The van der Waals surface area contributed by atoms with Gasteiger partial charge in [0, 0.05) is 37.9 Å². The standard InChI is InChI=1S/C27H27N5O3/c1-3-32-24-9-8-22(17(2)26(24)29-30-32)23(14-25(33)34)19-7-6-18-10-12-31(16-21(18)13-19)27(35)20-5-4-11-28-15-20/h4-9,11,13,15,23H,3,10,12,14,16H2,1-2H3,(H,33,34). The SMILES string of the molecule is CCn1nnc2c(C)c(C(CC(=O)O)c3ccc4c(c3)CN(C(=O)c3cccnc3)CC4)ccc21. The molecular formula is C27H27N5O3. The highest BCUT2D eigenvalue weighted by Crippen LogP contribution is 2.35. The molecule has 0 aliphatic carbocycles. The summed E-state index contributed by atoms with van der Waals surface area (Å²) in [6, 6.07) is 13.7. The van der Waals surface area contributed by atoms with Crippen LogP contribution in [0.3, 0.4) is 0 Å². The molecular weight excluding hydrogens is 442 g/mol. The minimum Gasteiger partial charge on any atom is -0.481 e. The van der Waals surface area contributed by atoms with E-state index in [2.05, 4.69) is 27.4 Å². The zero-order valence-corrected chi connectivity index (χ0v) is 19.8. The van der Waals surface area contributed by atoms with Gasteiger partial charge in [0.1, 0.15) is 5.52 Å². The van der Waals surface area contributed by atoms with Crippen LogP contribution in [0.4, 0.5) is 0 Å². The molecule has 8 nitrogen and oxygen atoms in total. The maximum atomic E-state index is 13.0. The maximum absolute atomic E-state index is 13.0. The summed E-state index contributed by atoms with van der Waals surface area (Å²) in [5, 5.41) is 18.3. The lowest BCUT2D eigenvalue weighted by molar-refractivity contribution is -0.137. The number of carbonyl (C=O) groups excluding carboxylic acids is 1. The molecule has 8 heteroatoms. The molecule has 1 N–H and O–H groups in total. The summed E-state index contributed by atoms with van der Waals surface area (Å²) in [5.41, 5.74) is 7.35. The smallest absolute Gasteiger partial charge is 0.304 e. The Hall–Kier alpha value is -4.07. The Morgan fingerprint density at radius 2 is 2.00 bits per heavy atom. The van der Waals surface area contributed by atoms with Crippen molar-refractivity contribution in [2.24, 2.45) is 0 Å². The normalized spacial score (nSPS) is 14.1. The number of hydrogen-bond acceptors (Lipinski definition) is 5. The predicted octanol–water partition coefficient (Wildman–Crippen LogP) is 3.96. The van der Waals surface area contributed by atoms with Crippen LogP contribution < -0.4 is 0 Å². The Morgan fingerprint density at radius 3 is 2.74 bits per heavy atom. The Labute approximate surface area is 203 Å². The topological polar surface area (TPSA) is 101 Å². The summed E-state index contributed by atoms with van der Waals surface area (Å²) in [4.78, 5) is 30.8. The Morgan fingerprint density at radius 1 is 1.14 bits per heavy atom. The molecule has 0 saturated heterocycles. The second-order valence-corrected chi connectivity index (χ2v) is 8.95. The van der Waals surface area contributed by atoms with E-state index in [1.165, 1.54) is 5.56 Å². The number of carbonyl (C=O) groups is 2. The third-order valence-corrected chi connectivity index (χ3v) is 6.88. The van der Waals surface area contributed by atoms with E-state index in [1.54, 1.807) is 24.5 Å². The zero-order chi connectivity index (χ0) is 24.5. The van der Waals surface area contributed by atoms with E-state index in [0.717, 1.165) is 39.7 Å². The van der Waals surface area contributed by atoms with Gasteiger partial charge in [-0.25, -0.2) is 4.68 Å². The van der Waals surface area contributed by atoms with Gasteiger partial charge in [-0.2, -0.15) is 0 Å². The number of aryl methyl sites for hydroxylation is 2. The van der Waals surface area contributed by atoms with Crippen LogP contribution in [0.1, 0.15) is 57.4 Å². The van der Waals surface area contributed by atoms with Crippen molar-refractivity contribution in [2.75, 3.05) is 6.54 Å². The average Bonchev–Trinajstić information content (AvgIpc) is 3.31. The van der Waals surface area contributed by atoms with Crippen molar-refractivity contribution < 1.29 is 14.7 Å². The molecule has 0 fully saturated rings. The minimum absolute atomic E-state index is 0.0363. The number of amides is 1. The Balaban J connectivity index is 1.50. The number of pyridine rings is 1. The first-order valence-corrected chi connectivity index (χ1v) is 11.8. The van der Waals surface area contributed by atoms with E-state index >= 15 is 0 Å². The van der Waals surface area contributed by atoms with Crippen molar-refractivity contribution in [1.29, 1.82) is 0 Å². The van der Waals surface area contributed by atoms with Crippen LogP contribution in [0.25, 0.3) is 11.0 Å². The number of nitrogens with zero attached hydrogens (tertiary/aromatic N) is 5. The summed E-state index contributed by atoms with van der Waals surface area (Å²) < 4.78 is 1.84. The lowest BCUT2D eigenvalue weighted by Crippen LogP contribution is -2.36. The molecule has 1 aliphatic rings. The number of hydrogen-bond donors (Lipinski definition) is 1. The molecule has 2 aromatic carbocycles. The molecule has 0 spiro atoms. The molecule has 1 unspecified atom stereocenters. The molecule has 0 saturated carbocycles. The number of carboxylic acids is 1. The molecule has 0 bridgehead atoms. The second-order valence-electron chi connectivity index (χ2n) is 8.95. The van der Waals surface area contributed by atoms with Gasteiger partial charge < -0.3 is 10.0 Å². The Bertz CT molecular complexity index is 1410. The molecule has 1 amide bonds. The first kappa shape index (κ1) is 22.7. The van der Waals surface area contributed by atoms with E-state index in [4.69, 9.17) is 0 Å². The van der Waals surface area contributed by atoms with Crippen molar-refractivity contribution >= 4 is 22.9 Å². The largest absolute Gasteiger partial charge is 0.481 e. The molecule has 0 radical (unpaired) electrons. The number of aromatic nitrogens is 4. The summed E-state index contributed by atoms with van der Waals surface area (Å²) in [6.07, 6.45) is 3.96. The van der Waals surface area contributed by atoms with Gasteiger partial charge in [-0.05, 0) is 66.3 Å². The van der Waals surface area contributed by atoms with Crippen LogP contribution in [0.15, 0.2) is 54.9 Å². The van der Waals surface area contributed by atoms with E-state index in [1.807, 2.05) is 41.6 Å². The first-order valence-electron chi connectivity index (χ1n) is 11.8. The molecule has 1 aliphatic heterocycles. The first-order chi connectivity index (χ1) is 17.0. The summed E-state index contributed by atoms with van der Waals surface area (Å²) in [5.74, 6) is -1.24. The molecule has 35 heavy (non-hydrogen) atoms. The van der Waals surface area contributed by atoms with Crippen LogP contribution >= 0.6 is 0 Å². The second kappa shape index (κ2) is 9.29. The van der Waals surface area contributed by atoms with Gasteiger partial charge >= 0.3 is 5.97 Å². The fourth-order valence-electron chi connectivity index (χ4n) is 5.01. The molecule has 5 rings (SSSR count). The lowest BCUT2D eigenvalue weighted by atomic mass is 9.83. The Kier molecular flexibility index (Phi) is 6.03. The highest BCUT2D eigenvalue weighted by Gasteiger charge is 2.26. The van der Waals surface area contributed by atoms with Gasteiger partial charge in [-0.1, -0.05) is 29.5 Å². The van der Waals surface area contributed by atoms with Gasteiger partial charge in [-0.3, -0.25) is 14.6 Å². The van der Waals surface area contributed by atoms with Crippen molar-refractivity contribution in [2.45, 2.75) is 45.7 Å². The summed E-state index contributed by atoms with van der Waals surface area (Å²) in [7, 11) is 0. The fourth-order valence-corrected chi connectivity index (χ4v) is 5.01. The molecule has 4 aromatic rings. The van der Waals surface area contributed by atoms with Crippen LogP contribution in [-0.4, -0.2) is 48.4 Å². The monoisotopic (exact) mass is 469 g/mol. The molecule has 178 valence electrons. The summed E-state index contributed by atoms with van der Waals surface area (Å²) >= 11 is 0. The van der Waals surface area contributed by atoms with Crippen molar-refractivity contribution in [3.8, 4) is 0 Å². The van der Waals surface area contributed by atoms with E-state index < -0.39 is 5.97 Å². The number of fused-ring (bicyclic) bond motifs is 2. The van der Waals surface area contributed by atoms with Crippen molar-refractivity contribution in [1.82, 2.24) is 24.9 Å². The molecule has 2 aromatic heterocycles. The van der Waals surface area contributed by atoms with Crippen LogP contribution in [-0.2, 0) is 24.3 Å². The van der Waals surface area contributed by atoms with E-state index in [-0.39, 0.29) is 18.2 Å². The highest BCUT2D eigenvalue weighted by molar-refractivity contribution is 5.94. The van der Waals surface area contributed by atoms with Gasteiger partial charge in [0.25, 0.3) is 5.91 Å². The van der Waals surface area contributed by atoms with Crippen LogP contribution in [0, 0.1) is 6.92 Å². The number of carboxylic acid groups (broad SMARTS) is 1. The quantitative estimate of drug-likeness (QED) is 0.459. The number of aliphatic carboxylic acids is 1.